The molecule has 1 aliphatic heterocycles. The monoisotopic (exact) mass is 397 g/mol. The lowest BCUT2D eigenvalue weighted by molar-refractivity contribution is 0.0764. The van der Waals surface area contributed by atoms with Gasteiger partial charge in [0, 0.05) is 26.2 Å². The van der Waals surface area contributed by atoms with Crippen molar-refractivity contribution in [2.24, 2.45) is 0 Å². The van der Waals surface area contributed by atoms with Gasteiger partial charge in [-0.15, -0.1) is 0 Å². The van der Waals surface area contributed by atoms with Crippen LogP contribution in [-0.2, 0) is 10.0 Å². The molecule has 0 unspecified atom stereocenters. The van der Waals surface area contributed by atoms with E-state index in [1.54, 1.807) is 43.0 Å². The lowest BCUT2D eigenvalue weighted by atomic mass is 10.2. The van der Waals surface area contributed by atoms with Gasteiger partial charge >= 0.3 is 0 Å². The second-order valence-corrected chi connectivity index (χ2v) is 8.46. The van der Waals surface area contributed by atoms with E-state index in [-0.39, 0.29) is 23.1 Å². The van der Waals surface area contributed by atoms with Gasteiger partial charge in [0.2, 0.25) is 10.0 Å². The molecule has 0 radical (unpaired) electrons. The minimum Gasteiger partial charge on any atom is -0.360 e. The number of aromatic nitrogens is 1. The molecule has 0 spiro atoms. The van der Waals surface area contributed by atoms with E-state index in [9.17, 15) is 13.2 Å². The van der Waals surface area contributed by atoms with Crippen molar-refractivity contribution in [3.8, 4) is 0 Å². The Hall–Kier alpha value is -1.90. The number of halogens is 1. The first kappa shape index (κ1) is 18.9. The molecule has 140 valence electrons. The van der Waals surface area contributed by atoms with Crippen molar-refractivity contribution in [2.45, 2.75) is 25.2 Å². The largest absolute Gasteiger partial charge is 0.360 e. The Morgan fingerprint density at radius 2 is 1.88 bits per heavy atom. The summed E-state index contributed by atoms with van der Waals surface area (Å²) in [6.45, 7) is 4.50. The maximum Gasteiger partial charge on any atom is 0.255 e. The fraction of sp³-hybridized carbons (Fsp3) is 0.412. The van der Waals surface area contributed by atoms with Crippen LogP contribution in [0.15, 0.2) is 33.7 Å². The molecule has 0 aliphatic carbocycles. The van der Waals surface area contributed by atoms with Gasteiger partial charge in [-0.05, 0) is 32.4 Å². The molecule has 9 heteroatoms. The third kappa shape index (κ3) is 3.49. The van der Waals surface area contributed by atoms with Crippen LogP contribution >= 0.6 is 11.6 Å². The van der Waals surface area contributed by atoms with Crippen molar-refractivity contribution < 1.29 is 17.7 Å². The van der Waals surface area contributed by atoms with E-state index in [0.717, 1.165) is 0 Å². The Morgan fingerprint density at radius 1 is 1.15 bits per heavy atom. The van der Waals surface area contributed by atoms with Crippen molar-refractivity contribution in [1.82, 2.24) is 14.4 Å². The Labute approximate surface area is 157 Å². The number of hydrogen-bond donors (Lipinski definition) is 0. The maximum atomic E-state index is 12.9. The molecule has 3 rings (SSSR count). The summed E-state index contributed by atoms with van der Waals surface area (Å²) in [6, 6.07) is 6.86. The first-order valence-electron chi connectivity index (χ1n) is 8.29. The number of sulfonamides is 1. The molecule has 2 aromatic rings. The van der Waals surface area contributed by atoms with E-state index in [0.29, 0.717) is 42.3 Å². The second kappa shape index (κ2) is 7.38. The lowest BCUT2D eigenvalue weighted by Crippen LogP contribution is -2.37. The minimum atomic E-state index is -3.71. The third-order valence-electron chi connectivity index (χ3n) is 4.41. The van der Waals surface area contributed by atoms with Crippen LogP contribution in [0.5, 0.6) is 0 Å². The zero-order valence-corrected chi connectivity index (χ0v) is 16.2. The Kier molecular flexibility index (Phi) is 5.36. The molecule has 1 fully saturated rings. The second-order valence-electron chi connectivity index (χ2n) is 6.18. The van der Waals surface area contributed by atoms with Crippen LogP contribution in [0.2, 0.25) is 5.02 Å². The summed E-state index contributed by atoms with van der Waals surface area (Å²) in [4.78, 5) is 14.5. The number of aryl methyl sites for hydroxylation is 2. The van der Waals surface area contributed by atoms with Crippen LogP contribution in [-0.4, -0.2) is 54.9 Å². The molecular weight excluding hydrogens is 378 g/mol. The standard InChI is InChI=1S/C17H20ClN3O4S/c1-12-16(13(2)25-19-12)26(23,24)21-9-5-8-20(10-11-21)17(22)14-6-3-4-7-15(14)18/h3-4,6-7H,5,8-11H2,1-2H3. The van der Waals surface area contributed by atoms with Crippen LogP contribution in [0.1, 0.15) is 28.2 Å². The number of amides is 1. The fourth-order valence-electron chi connectivity index (χ4n) is 3.11. The number of benzene rings is 1. The summed E-state index contributed by atoms with van der Waals surface area (Å²) in [7, 11) is -3.71. The highest BCUT2D eigenvalue weighted by molar-refractivity contribution is 7.89. The molecule has 0 atom stereocenters. The van der Waals surface area contributed by atoms with Gasteiger partial charge in [-0.25, -0.2) is 8.42 Å². The highest BCUT2D eigenvalue weighted by Gasteiger charge is 2.33. The zero-order valence-electron chi connectivity index (χ0n) is 14.6. The van der Waals surface area contributed by atoms with Crippen molar-refractivity contribution in [3.63, 3.8) is 0 Å². The van der Waals surface area contributed by atoms with E-state index in [2.05, 4.69) is 5.16 Å². The highest BCUT2D eigenvalue weighted by atomic mass is 35.5. The van der Waals surface area contributed by atoms with Gasteiger partial charge in [-0.3, -0.25) is 4.79 Å². The molecule has 26 heavy (non-hydrogen) atoms. The normalized spacial score (nSPS) is 16.5. The van der Waals surface area contributed by atoms with Crippen molar-refractivity contribution in [3.05, 3.63) is 46.3 Å². The topological polar surface area (TPSA) is 83.7 Å². The SMILES string of the molecule is Cc1noc(C)c1S(=O)(=O)N1CCCN(C(=O)c2ccccc2Cl)CC1. The summed E-state index contributed by atoms with van der Waals surface area (Å²) in [6.07, 6.45) is 0.540. The minimum absolute atomic E-state index is 0.114. The molecule has 1 aliphatic rings. The molecular formula is C17H20ClN3O4S. The van der Waals surface area contributed by atoms with Crippen LogP contribution < -0.4 is 0 Å². The molecule has 0 saturated carbocycles. The summed E-state index contributed by atoms with van der Waals surface area (Å²) in [5, 5.41) is 4.12. The smallest absolute Gasteiger partial charge is 0.255 e. The van der Waals surface area contributed by atoms with E-state index in [1.165, 1.54) is 4.31 Å². The summed E-state index contributed by atoms with van der Waals surface area (Å²) in [5.41, 5.74) is 0.770. The summed E-state index contributed by atoms with van der Waals surface area (Å²) >= 11 is 6.11. The van der Waals surface area contributed by atoms with Crippen molar-refractivity contribution in [1.29, 1.82) is 0 Å². The van der Waals surface area contributed by atoms with Crippen LogP contribution in [0, 0.1) is 13.8 Å². The van der Waals surface area contributed by atoms with E-state index < -0.39 is 10.0 Å². The number of rotatable bonds is 3. The summed E-state index contributed by atoms with van der Waals surface area (Å²) in [5.74, 6) is 0.0860. The van der Waals surface area contributed by atoms with Crippen LogP contribution in [0.4, 0.5) is 0 Å². The van der Waals surface area contributed by atoms with Gasteiger partial charge in [0.05, 0.1) is 10.6 Å². The lowest BCUT2D eigenvalue weighted by Gasteiger charge is -2.22. The molecule has 1 amide bonds. The van der Waals surface area contributed by atoms with Crippen LogP contribution in [0.3, 0.4) is 0 Å². The van der Waals surface area contributed by atoms with Gasteiger partial charge in [0.15, 0.2) is 5.76 Å². The first-order chi connectivity index (χ1) is 12.3. The predicted molar refractivity (Wildman–Crippen MR) is 96.7 cm³/mol. The molecule has 7 nitrogen and oxygen atoms in total. The molecule has 0 N–H and O–H groups in total. The Balaban J connectivity index is 1.79. The van der Waals surface area contributed by atoms with Crippen molar-refractivity contribution >= 4 is 27.5 Å². The van der Waals surface area contributed by atoms with Gasteiger partial charge in [-0.2, -0.15) is 4.31 Å². The highest BCUT2D eigenvalue weighted by Crippen LogP contribution is 2.25. The molecule has 2 heterocycles. The third-order valence-corrected chi connectivity index (χ3v) is 6.89. The van der Waals surface area contributed by atoms with Gasteiger partial charge in [0.25, 0.3) is 5.91 Å². The summed E-state index contributed by atoms with van der Waals surface area (Å²) < 4.78 is 32.3. The molecule has 1 aromatic carbocycles. The fourth-order valence-corrected chi connectivity index (χ4v) is 5.09. The maximum absolute atomic E-state index is 12.9. The van der Waals surface area contributed by atoms with Gasteiger partial charge < -0.3 is 9.42 Å². The van der Waals surface area contributed by atoms with Gasteiger partial charge in [-0.1, -0.05) is 28.9 Å². The van der Waals surface area contributed by atoms with Crippen LogP contribution in [0.25, 0.3) is 0 Å². The Bertz CT molecular complexity index is 906. The van der Waals surface area contributed by atoms with Crippen molar-refractivity contribution in [2.75, 3.05) is 26.2 Å². The number of carbonyl (C=O) groups is 1. The first-order valence-corrected chi connectivity index (χ1v) is 10.1. The average molecular weight is 398 g/mol. The average Bonchev–Trinajstić information content (AvgIpc) is 2.81. The van der Waals surface area contributed by atoms with E-state index in [1.807, 2.05) is 0 Å². The molecule has 1 saturated heterocycles. The molecule has 1 aromatic heterocycles. The number of nitrogens with zero attached hydrogens (tertiary/aromatic N) is 3. The predicted octanol–water partition coefficient (Wildman–Crippen LogP) is 2.48. The quantitative estimate of drug-likeness (QED) is 0.794. The Morgan fingerprint density at radius 3 is 2.54 bits per heavy atom. The molecule has 0 bridgehead atoms. The number of hydrogen-bond acceptors (Lipinski definition) is 5. The van der Waals surface area contributed by atoms with E-state index in [4.69, 9.17) is 16.1 Å². The van der Waals surface area contributed by atoms with E-state index >= 15 is 0 Å². The number of carbonyl (C=O) groups excluding carboxylic acids is 1. The zero-order chi connectivity index (χ0) is 18.9. The van der Waals surface area contributed by atoms with Gasteiger partial charge in [0.1, 0.15) is 10.6 Å².